The number of carbonyl (C=O) groups excluding carboxylic acids is 1. The first kappa shape index (κ1) is 13.1. The Balaban J connectivity index is 1.97. The summed E-state index contributed by atoms with van der Waals surface area (Å²) >= 11 is 3.43. The highest BCUT2D eigenvalue weighted by molar-refractivity contribution is 9.10. The second kappa shape index (κ2) is 5.10. The third-order valence-corrected chi connectivity index (χ3v) is 3.90. The lowest BCUT2D eigenvalue weighted by Gasteiger charge is -2.15. The van der Waals surface area contributed by atoms with Crippen molar-refractivity contribution in [2.75, 3.05) is 0 Å². The van der Waals surface area contributed by atoms with Crippen molar-refractivity contribution in [3.8, 4) is 0 Å². The van der Waals surface area contributed by atoms with Gasteiger partial charge in [-0.25, -0.2) is 0 Å². The quantitative estimate of drug-likeness (QED) is 0.897. The van der Waals surface area contributed by atoms with E-state index in [-0.39, 0.29) is 17.9 Å². The fourth-order valence-corrected chi connectivity index (χ4v) is 2.61. The molecule has 3 atom stereocenters. The molecule has 4 nitrogen and oxygen atoms in total. The van der Waals surface area contributed by atoms with Gasteiger partial charge in [-0.1, -0.05) is 34.1 Å². The molecular weight excluding hydrogens is 298 g/mol. The molecule has 96 valence electrons. The minimum Gasteiger partial charge on any atom is -0.481 e. The van der Waals surface area contributed by atoms with E-state index in [9.17, 15) is 9.59 Å². The molecule has 1 aliphatic carbocycles. The average Bonchev–Trinajstić information content (AvgIpc) is 3.09. The number of benzene rings is 1. The van der Waals surface area contributed by atoms with E-state index in [1.54, 1.807) is 0 Å². The van der Waals surface area contributed by atoms with Crippen LogP contribution in [0.15, 0.2) is 28.7 Å². The van der Waals surface area contributed by atoms with Crippen LogP contribution in [0.1, 0.15) is 24.9 Å². The predicted octanol–water partition coefficient (Wildman–Crippen LogP) is 2.35. The standard InChI is InChI=1S/C13H14BrNO3/c1-7(8-4-2-3-5-11(8)14)15-12(16)9-6-10(9)13(17)18/h2-5,7,9-10H,6H2,1H3,(H,15,16)(H,17,18)/t7-,9-,10+/m1/s1. The largest absolute Gasteiger partial charge is 0.481 e. The van der Waals surface area contributed by atoms with Gasteiger partial charge in [-0.15, -0.1) is 0 Å². The predicted molar refractivity (Wildman–Crippen MR) is 69.9 cm³/mol. The molecule has 0 saturated heterocycles. The number of amides is 1. The van der Waals surface area contributed by atoms with Crippen LogP contribution >= 0.6 is 15.9 Å². The first-order chi connectivity index (χ1) is 8.50. The second-order valence-electron chi connectivity index (χ2n) is 4.54. The molecule has 0 heterocycles. The van der Waals surface area contributed by atoms with Gasteiger partial charge in [0.1, 0.15) is 0 Å². The van der Waals surface area contributed by atoms with E-state index in [1.165, 1.54) is 0 Å². The lowest BCUT2D eigenvalue weighted by molar-refractivity contribution is -0.140. The van der Waals surface area contributed by atoms with Crippen molar-refractivity contribution in [1.29, 1.82) is 0 Å². The molecule has 0 aromatic heterocycles. The number of halogens is 1. The highest BCUT2D eigenvalue weighted by Crippen LogP contribution is 2.39. The topological polar surface area (TPSA) is 66.4 Å². The second-order valence-corrected chi connectivity index (χ2v) is 5.39. The molecule has 0 aliphatic heterocycles. The molecule has 2 rings (SSSR count). The monoisotopic (exact) mass is 311 g/mol. The molecular formula is C13H14BrNO3. The van der Waals surface area contributed by atoms with Crippen molar-refractivity contribution >= 4 is 27.8 Å². The molecule has 0 radical (unpaired) electrons. The van der Waals surface area contributed by atoms with Gasteiger partial charge in [0.05, 0.1) is 17.9 Å². The zero-order chi connectivity index (χ0) is 13.3. The number of aliphatic carboxylic acids is 1. The van der Waals surface area contributed by atoms with Gasteiger partial charge in [-0.05, 0) is 25.0 Å². The minimum absolute atomic E-state index is 0.136. The summed E-state index contributed by atoms with van der Waals surface area (Å²) in [5, 5.41) is 11.6. The Kier molecular flexibility index (Phi) is 3.71. The molecule has 1 saturated carbocycles. The van der Waals surface area contributed by atoms with E-state index < -0.39 is 11.9 Å². The van der Waals surface area contributed by atoms with Crippen molar-refractivity contribution < 1.29 is 14.7 Å². The van der Waals surface area contributed by atoms with Gasteiger partial charge in [0.2, 0.25) is 5.91 Å². The van der Waals surface area contributed by atoms with Crippen molar-refractivity contribution in [1.82, 2.24) is 5.32 Å². The van der Waals surface area contributed by atoms with Crippen LogP contribution in [0.2, 0.25) is 0 Å². The zero-order valence-corrected chi connectivity index (χ0v) is 11.5. The lowest BCUT2D eigenvalue weighted by atomic mass is 10.1. The summed E-state index contributed by atoms with van der Waals surface area (Å²) in [6.07, 6.45) is 0.448. The van der Waals surface area contributed by atoms with E-state index in [0.717, 1.165) is 10.0 Å². The van der Waals surface area contributed by atoms with Gasteiger partial charge in [0, 0.05) is 4.47 Å². The smallest absolute Gasteiger partial charge is 0.307 e. The Morgan fingerprint density at radius 1 is 1.39 bits per heavy atom. The van der Waals surface area contributed by atoms with Gasteiger partial charge >= 0.3 is 5.97 Å². The van der Waals surface area contributed by atoms with Gasteiger partial charge in [0.15, 0.2) is 0 Å². The maximum absolute atomic E-state index is 11.8. The summed E-state index contributed by atoms with van der Waals surface area (Å²) < 4.78 is 0.934. The van der Waals surface area contributed by atoms with Crippen LogP contribution in [-0.4, -0.2) is 17.0 Å². The number of hydrogen-bond acceptors (Lipinski definition) is 2. The number of rotatable bonds is 4. The number of carbonyl (C=O) groups is 2. The van der Waals surface area contributed by atoms with Crippen molar-refractivity contribution in [3.63, 3.8) is 0 Å². The third-order valence-electron chi connectivity index (χ3n) is 3.17. The van der Waals surface area contributed by atoms with E-state index in [1.807, 2.05) is 31.2 Å². The van der Waals surface area contributed by atoms with Gasteiger partial charge in [-0.2, -0.15) is 0 Å². The van der Waals surface area contributed by atoms with Crippen LogP contribution < -0.4 is 5.32 Å². The van der Waals surface area contributed by atoms with E-state index in [2.05, 4.69) is 21.2 Å². The molecule has 0 spiro atoms. The summed E-state index contributed by atoms with van der Waals surface area (Å²) in [5.41, 5.74) is 0.985. The summed E-state index contributed by atoms with van der Waals surface area (Å²) in [6.45, 7) is 1.89. The maximum Gasteiger partial charge on any atom is 0.307 e. The summed E-state index contributed by atoms with van der Waals surface area (Å²) in [7, 11) is 0. The van der Waals surface area contributed by atoms with Gasteiger partial charge in [-0.3, -0.25) is 9.59 Å². The maximum atomic E-state index is 11.8. The molecule has 18 heavy (non-hydrogen) atoms. The van der Waals surface area contributed by atoms with Crippen LogP contribution in [-0.2, 0) is 9.59 Å². The van der Waals surface area contributed by atoms with E-state index >= 15 is 0 Å². The van der Waals surface area contributed by atoms with Gasteiger partial charge < -0.3 is 10.4 Å². The Morgan fingerprint density at radius 2 is 2.06 bits per heavy atom. The molecule has 5 heteroatoms. The van der Waals surface area contributed by atoms with Crippen LogP contribution in [0.3, 0.4) is 0 Å². The number of nitrogens with one attached hydrogen (secondary N) is 1. The molecule has 2 N–H and O–H groups in total. The molecule has 1 aliphatic rings. The fraction of sp³-hybridized carbons (Fsp3) is 0.385. The van der Waals surface area contributed by atoms with Crippen LogP contribution in [0.4, 0.5) is 0 Å². The van der Waals surface area contributed by atoms with Crippen molar-refractivity contribution in [2.45, 2.75) is 19.4 Å². The molecule has 1 fully saturated rings. The lowest BCUT2D eigenvalue weighted by Crippen LogP contribution is -2.29. The Labute approximate surface area is 114 Å². The summed E-state index contributed by atoms with van der Waals surface area (Å²) in [6, 6.07) is 7.51. The molecule has 1 aromatic rings. The minimum atomic E-state index is -0.885. The summed E-state index contributed by atoms with van der Waals surface area (Å²) in [5.74, 6) is -1.93. The normalized spacial score (nSPS) is 23.2. The highest BCUT2D eigenvalue weighted by atomic mass is 79.9. The van der Waals surface area contributed by atoms with Crippen LogP contribution in [0.25, 0.3) is 0 Å². The van der Waals surface area contributed by atoms with Crippen LogP contribution in [0, 0.1) is 11.8 Å². The first-order valence-corrected chi connectivity index (χ1v) is 6.57. The Bertz CT molecular complexity index is 489. The zero-order valence-electron chi connectivity index (χ0n) is 9.89. The molecule has 0 bridgehead atoms. The number of carboxylic acid groups (broad SMARTS) is 1. The Morgan fingerprint density at radius 3 is 2.61 bits per heavy atom. The average molecular weight is 312 g/mol. The van der Waals surface area contributed by atoms with Crippen molar-refractivity contribution in [3.05, 3.63) is 34.3 Å². The van der Waals surface area contributed by atoms with Gasteiger partial charge in [0.25, 0.3) is 0 Å². The van der Waals surface area contributed by atoms with Crippen molar-refractivity contribution in [2.24, 2.45) is 11.8 Å². The third kappa shape index (κ3) is 2.72. The van der Waals surface area contributed by atoms with E-state index in [4.69, 9.17) is 5.11 Å². The van der Waals surface area contributed by atoms with E-state index in [0.29, 0.717) is 6.42 Å². The Hall–Kier alpha value is -1.36. The molecule has 1 amide bonds. The number of carboxylic acids is 1. The summed E-state index contributed by atoms with van der Waals surface area (Å²) in [4.78, 5) is 22.5. The highest BCUT2D eigenvalue weighted by Gasteiger charge is 2.48. The van der Waals surface area contributed by atoms with Crippen LogP contribution in [0.5, 0.6) is 0 Å². The number of hydrogen-bond donors (Lipinski definition) is 2. The first-order valence-electron chi connectivity index (χ1n) is 5.78. The fourth-order valence-electron chi connectivity index (χ4n) is 1.98. The molecule has 1 aromatic carbocycles. The molecule has 0 unspecified atom stereocenters. The SMILES string of the molecule is C[C@@H](NC(=O)[C@@H]1C[C@@H]1C(=O)O)c1ccccc1Br.